The van der Waals surface area contributed by atoms with Gasteiger partial charge in [-0.05, 0) is 12.3 Å². The molecule has 18 heavy (non-hydrogen) atoms. The van der Waals surface area contributed by atoms with E-state index in [4.69, 9.17) is 10.5 Å². The molecule has 0 aliphatic rings. The minimum absolute atomic E-state index is 0.298. The monoisotopic (exact) mass is 269 g/mol. The lowest BCUT2D eigenvalue weighted by Crippen LogP contribution is -2.15. The van der Waals surface area contributed by atoms with Crippen LogP contribution < -0.4 is 5.73 Å². The molecule has 0 saturated carbocycles. The van der Waals surface area contributed by atoms with E-state index < -0.39 is 0 Å². The van der Waals surface area contributed by atoms with Crippen molar-refractivity contribution in [3.05, 3.63) is 10.8 Å². The number of hydrogen-bond acceptors (Lipinski definition) is 6. The zero-order valence-electron chi connectivity index (χ0n) is 11.0. The normalized spacial score (nSPS) is 13.6. The third-order valence-electron chi connectivity index (χ3n) is 2.73. The summed E-state index contributed by atoms with van der Waals surface area (Å²) in [6.45, 7) is 5.42. The SMILES string of the molecule is COCc1nnc2sc(C(CN)CC(C)C)nn12. The van der Waals surface area contributed by atoms with Gasteiger partial charge in [0.25, 0.3) is 0 Å². The standard InChI is InChI=1S/C11H19N5OS/c1-7(2)4-8(5-12)10-15-16-9(6-17-3)13-14-11(16)18-10/h7-8H,4-6,12H2,1-3H3. The molecule has 2 aromatic rings. The molecule has 1 unspecified atom stereocenters. The molecular formula is C11H19N5OS. The molecule has 0 spiro atoms. The third-order valence-corrected chi connectivity index (χ3v) is 3.80. The van der Waals surface area contributed by atoms with Gasteiger partial charge in [-0.15, -0.1) is 10.2 Å². The molecule has 2 rings (SSSR count). The quantitative estimate of drug-likeness (QED) is 0.858. The average Bonchev–Trinajstić information content (AvgIpc) is 2.88. The van der Waals surface area contributed by atoms with E-state index in [1.807, 2.05) is 0 Å². The molecule has 2 N–H and O–H groups in total. The van der Waals surface area contributed by atoms with Crippen LogP contribution in [0.5, 0.6) is 0 Å². The van der Waals surface area contributed by atoms with E-state index in [-0.39, 0.29) is 0 Å². The van der Waals surface area contributed by atoms with Crippen LogP contribution in [0.25, 0.3) is 4.96 Å². The Morgan fingerprint density at radius 3 is 2.78 bits per heavy atom. The lowest BCUT2D eigenvalue weighted by atomic mass is 9.98. The second-order valence-electron chi connectivity index (χ2n) is 4.75. The van der Waals surface area contributed by atoms with Crippen LogP contribution in [0, 0.1) is 5.92 Å². The summed E-state index contributed by atoms with van der Waals surface area (Å²) >= 11 is 1.56. The van der Waals surface area contributed by atoms with Gasteiger partial charge in [0.2, 0.25) is 4.96 Å². The van der Waals surface area contributed by atoms with Crippen molar-refractivity contribution in [1.82, 2.24) is 19.8 Å². The van der Waals surface area contributed by atoms with E-state index in [1.54, 1.807) is 23.0 Å². The van der Waals surface area contributed by atoms with Crippen LogP contribution in [0.3, 0.4) is 0 Å². The summed E-state index contributed by atoms with van der Waals surface area (Å²) in [5.41, 5.74) is 5.84. The predicted molar refractivity (Wildman–Crippen MR) is 70.6 cm³/mol. The van der Waals surface area contributed by atoms with Crippen molar-refractivity contribution in [3.8, 4) is 0 Å². The molecule has 2 aromatic heterocycles. The zero-order valence-corrected chi connectivity index (χ0v) is 11.8. The van der Waals surface area contributed by atoms with Crippen molar-refractivity contribution in [1.29, 1.82) is 0 Å². The number of nitrogens with two attached hydrogens (primary N) is 1. The van der Waals surface area contributed by atoms with Crippen molar-refractivity contribution in [2.75, 3.05) is 13.7 Å². The highest BCUT2D eigenvalue weighted by Crippen LogP contribution is 2.27. The van der Waals surface area contributed by atoms with E-state index >= 15 is 0 Å². The second-order valence-corrected chi connectivity index (χ2v) is 5.73. The lowest BCUT2D eigenvalue weighted by Gasteiger charge is -2.13. The van der Waals surface area contributed by atoms with Gasteiger partial charge in [-0.1, -0.05) is 25.2 Å². The van der Waals surface area contributed by atoms with Gasteiger partial charge in [-0.2, -0.15) is 9.61 Å². The number of fused-ring (bicyclic) bond motifs is 1. The molecule has 7 heteroatoms. The highest BCUT2D eigenvalue weighted by molar-refractivity contribution is 7.16. The van der Waals surface area contributed by atoms with Crippen molar-refractivity contribution in [3.63, 3.8) is 0 Å². The first-order valence-electron chi connectivity index (χ1n) is 6.05. The summed E-state index contributed by atoms with van der Waals surface area (Å²) in [6, 6.07) is 0. The van der Waals surface area contributed by atoms with Gasteiger partial charge < -0.3 is 10.5 Å². The van der Waals surface area contributed by atoms with Gasteiger partial charge >= 0.3 is 0 Å². The van der Waals surface area contributed by atoms with Crippen LogP contribution in [0.1, 0.15) is 37.0 Å². The molecule has 1 atom stereocenters. The number of methoxy groups -OCH3 is 1. The Morgan fingerprint density at radius 2 is 2.17 bits per heavy atom. The lowest BCUT2D eigenvalue weighted by molar-refractivity contribution is 0.176. The molecule has 0 amide bonds. The first kappa shape index (κ1) is 13.4. The Bertz CT molecular complexity index is 506. The number of hydrogen-bond donors (Lipinski definition) is 1. The number of rotatable bonds is 6. The molecule has 0 radical (unpaired) electrons. The molecule has 0 aromatic carbocycles. The Labute approximate surface area is 110 Å². The Morgan fingerprint density at radius 1 is 1.39 bits per heavy atom. The Balaban J connectivity index is 2.28. The molecule has 0 aliphatic heterocycles. The summed E-state index contributed by atoms with van der Waals surface area (Å²) in [6.07, 6.45) is 1.04. The molecule has 0 fully saturated rings. The number of nitrogens with zero attached hydrogens (tertiary/aromatic N) is 4. The maximum Gasteiger partial charge on any atom is 0.234 e. The molecule has 0 bridgehead atoms. The number of ether oxygens (including phenoxy) is 1. The van der Waals surface area contributed by atoms with E-state index in [2.05, 4.69) is 29.1 Å². The van der Waals surface area contributed by atoms with Crippen LogP contribution in [-0.4, -0.2) is 33.5 Å². The smallest absolute Gasteiger partial charge is 0.234 e. The van der Waals surface area contributed by atoms with E-state index in [1.165, 1.54) is 0 Å². The summed E-state index contributed by atoms with van der Waals surface area (Å²) in [4.78, 5) is 0.805. The molecule has 100 valence electrons. The molecule has 0 aliphatic carbocycles. The summed E-state index contributed by atoms with van der Waals surface area (Å²) < 4.78 is 6.83. The van der Waals surface area contributed by atoms with Gasteiger partial charge in [0.15, 0.2) is 5.82 Å². The van der Waals surface area contributed by atoms with Crippen LogP contribution in [0.2, 0.25) is 0 Å². The van der Waals surface area contributed by atoms with Crippen molar-refractivity contribution >= 4 is 16.3 Å². The zero-order chi connectivity index (χ0) is 13.1. The van der Waals surface area contributed by atoms with Gasteiger partial charge in [0.1, 0.15) is 11.6 Å². The Hall–Kier alpha value is -1.05. The van der Waals surface area contributed by atoms with E-state index in [0.717, 1.165) is 22.2 Å². The van der Waals surface area contributed by atoms with E-state index in [0.29, 0.717) is 25.0 Å². The van der Waals surface area contributed by atoms with Crippen LogP contribution in [-0.2, 0) is 11.3 Å². The third kappa shape index (κ3) is 2.68. The van der Waals surface area contributed by atoms with Gasteiger partial charge in [-0.3, -0.25) is 0 Å². The molecular weight excluding hydrogens is 250 g/mol. The summed E-state index contributed by atoms with van der Waals surface area (Å²) in [5, 5.41) is 13.7. The van der Waals surface area contributed by atoms with Crippen LogP contribution in [0.4, 0.5) is 0 Å². The fourth-order valence-electron chi connectivity index (χ4n) is 1.92. The van der Waals surface area contributed by atoms with Crippen LogP contribution in [0.15, 0.2) is 0 Å². The first-order chi connectivity index (χ1) is 8.65. The fourth-order valence-corrected chi connectivity index (χ4v) is 2.91. The van der Waals surface area contributed by atoms with Crippen molar-refractivity contribution in [2.24, 2.45) is 11.7 Å². The molecule has 2 heterocycles. The van der Waals surface area contributed by atoms with Crippen molar-refractivity contribution in [2.45, 2.75) is 32.8 Å². The molecule has 6 nitrogen and oxygen atoms in total. The number of aromatic nitrogens is 4. The minimum atomic E-state index is 0.298. The van der Waals surface area contributed by atoms with Crippen molar-refractivity contribution < 1.29 is 4.74 Å². The van der Waals surface area contributed by atoms with E-state index in [9.17, 15) is 0 Å². The van der Waals surface area contributed by atoms with Crippen LogP contribution >= 0.6 is 11.3 Å². The van der Waals surface area contributed by atoms with Gasteiger partial charge in [0, 0.05) is 19.6 Å². The average molecular weight is 269 g/mol. The summed E-state index contributed by atoms with van der Waals surface area (Å²) in [5.74, 6) is 1.63. The predicted octanol–water partition coefficient (Wildman–Crippen LogP) is 1.42. The largest absolute Gasteiger partial charge is 0.377 e. The minimum Gasteiger partial charge on any atom is -0.377 e. The summed E-state index contributed by atoms with van der Waals surface area (Å²) in [7, 11) is 1.63. The second kappa shape index (κ2) is 5.73. The first-order valence-corrected chi connectivity index (χ1v) is 6.87. The Kier molecular flexibility index (Phi) is 4.26. The van der Waals surface area contributed by atoms with Gasteiger partial charge in [-0.25, -0.2) is 0 Å². The highest BCUT2D eigenvalue weighted by Gasteiger charge is 2.19. The highest BCUT2D eigenvalue weighted by atomic mass is 32.1. The molecule has 0 saturated heterocycles. The maximum atomic E-state index is 5.84. The van der Waals surface area contributed by atoms with Gasteiger partial charge in [0.05, 0.1) is 0 Å². The maximum absolute atomic E-state index is 5.84. The fraction of sp³-hybridized carbons (Fsp3) is 0.727. The topological polar surface area (TPSA) is 78.3 Å².